The number of para-hydroxylation sites is 1. The lowest BCUT2D eigenvalue weighted by atomic mass is 9.90. The number of carbonyl (C=O) groups is 2. The van der Waals surface area contributed by atoms with Crippen molar-refractivity contribution in [1.29, 1.82) is 0 Å². The van der Waals surface area contributed by atoms with Crippen molar-refractivity contribution >= 4 is 34.1 Å². The van der Waals surface area contributed by atoms with Crippen molar-refractivity contribution in [2.75, 3.05) is 24.3 Å². The van der Waals surface area contributed by atoms with E-state index in [1.54, 1.807) is 24.3 Å². The molecule has 194 valence electrons. The SMILES string of the molecule is Cc1ccc(C(=O)c2ccccc2C(=O)N[C@H]2CC[C@@H](Nc3cc(N(C)C)c4ccccc4n3)CC2)cc1. The summed E-state index contributed by atoms with van der Waals surface area (Å²) in [4.78, 5) is 33.3. The largest absolute Gasteiger partial charge is 0.377 e. The van der Waals surface area contributed by atoms with Gasteiger partial charge in [-0.3, -0.25) is 9.59 Å². The second kappa shape index (κ2) is 11.1. The summed E-state index contributed by atoms with van der Waals surface area (Å²) in [6.07, 6.45) is 3.60. The average molecular weight is 507 g/mol. The van der Waals surface area contributed by atoms with Crippen LogP contribution in [0.5, 0.6) is 0 Å². The third-order valence-electron chi connectivity index (χ3n) is 7.32. The number of rotatable bonds is 7. The first kappa shape index (κ1) is 25.5. The number of fused-ring (bicyclic) bond motifs is 1. The van der Waals surface area contributed by atoms with Gasteiger partial charge in [0.1, 0.15) is 5.82 Å². The molecule has 6 nitrogen and oxygen atoms in total. The van der Waals surface area contributed by atoms with Gasteiger partial charge in [-0.15, -0.1) is 0 Å². The van der Waals surface area contributed by atoms with E-state index in [1.165, 1.54) is 0 Å². The predicted molar refractivity (Wildman–Crippen MR) is 154 cm³/mol. The summed E-state index contributed by atoms with van der Waals surface area (Å²) in [6, 6.07) is 25.2. The van der Waals surface area contributed by atoms with Crippen LogP contribution < -0.4 is 15.5 Å². The topological polar surface area (TPSA) is 74.3 Å². The van der Waals surface area contributed by atoms with E-state index in [4.69, 9.17) is 4.98 Å². The van der Waals surface area contributed by atoms with Gasteiger partial charge in [0.25, 0.3) is 5.91 Å². The van der Waals surface area contributed by atoms with E-state index in [-0.39, 0.29) is 17.7 Å². The number of carbonyl (C=O) groups excluding carboxylic acids is 2. The van der Waals surface area contributed by atoms with E-state index in [2.05, 4.69) is 27.7 Å². The summed E-state index contributed by atoms with van der Waals surface area (Å²) in [6.45, 7) is 1.99. The maximum Gasteiger partial charge on any atom is 0.252 e. The number of aromatic nitrogens is 1. The van der Waals surface area contributed by atoms with Gasteiger partial charge < -0.3 is 15.5 Å². The normalized spacial score (nSPS) is 17.1. The van der Waals surface area contributed by atoms with E-state index in [1.807, 2.05) is 63.5 Å². The van der Waals surface area contributed by atoms with Crippen LogP contribution in [0.15, 0.2) is 78.9 Å². The summed E-state index contributed by atoms with van der Waals surface area (Å²) < 4.78 is 0. The van der Waals surface area contributed by atoms with Gasteiger partial charge in [0.2, 0.25) is 0 Å². The second-order valence-electron chi connectivity index (χ2n) is 10.3. The molecule has 0 aliphatic heterocycles. The van der Waals surface area contributed by atoms with Crippen molar-refractivity contribution in [1.82, 2.24) is 10.3 Å². The van der Waals surface area contributed by atoms with Crippen LogP contribution in [0.2, 0.25) is 0 Å². The highest BCUT2D eigenvalue weighted by molar-refractivity contribution is 6.15. The number of hydrogen-bond donors (Lipinski definition) is 2. The maximum atomic E-state index is 13.2. The highest BCUT2D eigenvalue weighted by Gasteiger charge is 2.25. The molecule has 1 aliphatic carbocycles. The Labute approximate surface area is 224 Å². The third kappa shape index (κ3) is 5.54. The van der Waals surface area contributed by atoms with Gasteiger partial charge in [0.15, 0.2) is 5.78 Å². The Morgan fingerprint density at radius 2 is 1.45 bits per heavy atom. The van der Waals surface area contributed by atoms with Gasteiger partial charge in [0, 0.05) is 54.4 Å². The Kier molecular flexibility index (Phi) is 7.40. The molecule has 1 aromatic heterocycles. The number of nitrogens with zero attached hydrogens (tertiary/aromatic N) is 2. The first-order valence-electron chi connectivity index (χ1n) is 13.2. The number of amides is 1. The lowest BCUT2D eigenvalue weighted by Crippen LogP contribution is -2.40. The Balaban J connectivity index is 1.22. The molecule has 3 aromatic carbocycles. The quantitative estimate of drug-likeness (QED) is 0.301. The highest BCUT2D eigenvalue weighted by Crippen LogP contribution is 2.29. The van der Waals surface area contributed by atoms with Gasteiger partial charge >= 0.3 is 0 Å². The average Bonchev–Trinajstić information content (AvgIpc) is 2.93. The number of benzene rings is 3. The molecular weight excluding hydrogens is 472 g/mol. The summed E-state index contributed by atoms with van der Waals surface area (Å²) >= 11 is 0. The third-order valence-corrected chi connectivity index (χ3v) is 7.32. The first-order chi connectivity index (χ1) is 18.4. The molecule has 0 bridgehead atoms. The number of aryl methyl sites for hydroxylation is 1. The Morgan fingerprint density at radius 1 is 0.816 bits per heavy atom. The standard InChI is InChI=1S/C32H34N4O2/c1-21-12-14-22(15-13-21)31(37)25-8-4-5-9-26(25)32(38)34-24-18-16-23(17-19-24)33-30-20-29(36(2)3)27-10-6-7-11-28(27)35-30/h4-15,20,23-24H,16-19H2,1-3H3,(H,33,35)(H,34,38)/t23-,24+. The van der Waals surface area contributed by atoms with Crippen LogP contribution >= 0.6 is 0 Å². The van der Waals surface area contributed by atoms with E-state index in [0.29, 0.717) is 22.7 Å². The lowest BCUT2D eigenvalue weighted by Gasteiger charge is -2.30. The molecule has 0 saturated heterocycles. The van der Waals surface area contributed by atoms with Crippen molar-refractivity contribution in [3.8, 4) is 0 Å². The zero-order chi connectivity index (χ0) is 26.6. The molecule has 0 atom stereocenters. The van der Waals surface area contributed by atoms with E-state index in [0.717, 1.165) is 53.7 Å². The van der Waals surface area contributed by atoms with Crippen LogP contribution in [0.1, 0.15) is 57.5 Å². The van der Waals surface area contributed by atoms with Crippen LogP contribution in [-0.4, -0.2) is 42.9 Å². The fourth-order valence-corrected chi connectivity index (χ4v) is 5.19. The summed E-state index contributed by atoms with van der Waals surface area (Å²) in [5.74, 6) is 0.552. The van der Waals surface area contributed by atoms with Crippen molar-refractivity contribution < 1.29 is 9.59 Å². The van der Waals surface area contributed by atoms with Crippen LogP contribution in [0, 0.1) is 6.92 Å². The highest BCUT2D eigenvalue weighted by atomic mass is 16.2. The second-order valence-corrected chi connectivity index (χ2v) is 10.3. The summed E-state index contributed by atoms with van der Waals surface area (Å²) in [5.41, 5.74) is 4.64. The Morgan fingerprint density at radius 3 is 2.16 bits per heavy atom. The monoisotopic (exact) mass is 506 g/mol. The van der Waals surface area contributed by atoms with Crippen molar-refractivity contribution in [3.63, 3.8) is 0 Å². The van der Waals surface area contributed by atoms with Gasteiger partial charge in [-0.1, -0.05) is 66.2 Å². The zero-order valence-electron chi connectivity index (χ0n) is 22.2. The summed E-state index contributed by atoms with van der Waals surface area (Å²) in [7, 11) is 4.10. The molecule has 5 rings (SSSR count). The number of hydrogen-bond acceptors (Lipinski definition) is 5. The lowest BCUT2D eigenvalue weighted by molar-refractivity contribution is 0.0917. The predicted octanol–water partition coefficient (Wildman–Crippen LogP) is 5.99. The zero-order valence-corrected chi connectivity index (χ0v) is 22.2. The molecule has 1 fully saturated rings. The Hall–Kier alpha value is -4.19. The smallest absolute Gasteiger partial charge is 0.252 e. The summed E-state index contributed by atoms with van der Waals surface area (Å²) in [5, 5.41) is 7.94. The molecule has 2 N–H and O–H groups in total. The molecule has 4 aromatic rings. The van der Waals surface area contributed by atoms with Gasteiger partial charge in [-0.05, 0) is 44.7 Å². The fourth-order valence-electron chi connectivity index (χ4n) is 5.19. The molecule has 1 saturated carbocycles. The number of nitrogens with one attached hydrogen (secondary N) is 2. The molecule has 1 amide bonds. The minimum atomic E-state index is -0.190. The van der Waals surface area contributed by atoms with Gasteiger partial charge in [-0.25, -0.2) is 4.98 Å². The number of pyridine rings is 1. The van der Waals surface area contributed by atoms with Crippen LogP contribution in [0.4, 0.5) is 11.5 Å². The van der Waals surface area contributed by atoms with E-state index in [9.17, 15) is 9.59 Å². The van der Waals surface area contributed by atoms with Crippen molar-refractivity contribution in [2.45, 2.75) is 44.7 Å². The fraction of sp³-hybridized carbons (Fsp3) is 0.281. The van der Waals surface area contributed by atoms with Gasteiger partial charge in [-0.2, -0.15) is 0 Å². The van der Waals surface area contributed by atoms with Crippen molar-refractivity contribution in [2.24, 2.45) is 0 Å². The van der Waals surface area contributed by atoms with Crippen LogP contribution in [0.3, 0.4) is 0 Å². The van der Waals surface area contributed by atoms with E-state index < -0.39 is 0 Å². The molecule has 6 heteroatoms. The van der Waals surface area contributed by atoms with Crippen molar-refractivity contribution in [3.05, 3.63) is 101 Å². The molecule has 0 unspecified atom stereocenters. The molecule has 1 heterocycles. The van der Waals surface area contributed by atoms with Crippen LogP contribution in [-0.2, 0) is 0 Å². The molecule has 1 aliphatic rings. The molecular formula is C32H34N4O2. The molecule has 0 spiro atoms. The number of anilines is 2. The maximum absolute atomic E-state index is 13.2. The van der Waals surface area contributed by atoms with Crippen LogP contribution in [0.25, 0.3) is 10.9 Å². The van der Waals surface area contributed by atoms with E-state index >= 15 is 0 Å². The van der Waals surface area contributed by atoms with Gasteiger partial charge in [0.05, 0.1) is 11.1 Å². The first-order valence-corrected chi connectivity index (χ1v) is 13.2. The number of ketones is 1. The minimum absolute atomic E-state index is 0.0741. The molecule has 0 radical (unpaired) electrons. The minimum Gasteiger partial charge on any atom is -0.377 e. The molecule has 38 heavy (non-hydrogen) atoms. The Bertz CT molecular complexity index is 1450.